The third-order valence-electron chi connectivity index (χ3n) is 7.39. The Morgan fingerprint density at radius 2 is 2.00 bits per heavy atom. The molecular formula is C25H19ClFN9O. The molecule has 5 heterocycles. The van der Waals surface area contributed by atoms with Gasteiger partial charge in [-0.1, -0.05) is 11.6 Å². The summed E-state index contributed by atoms with van der Waals surface area (Å²) < 4.78 is 17.8. The zero-order valence-electron chi connectivity index (χ0n) is 19.2. The Morgan fingerprint density at radius 3 is 2.76 bits per heavy atom. The summed E-state index contributed by atoms with van der Waals surface area (Å²) in [5.74, 6) is 0.217. The van der Waals surface area contributed by atoms with Gasteiger partial charge in [0.15, 0.2) is 0 Å². The predicted molar refractivity (Wildman–Crippen MR) is 134 cm³/mol. The van der Waals surface area contributed by atoms with E-state index in [0.717, 1.165) is 41.0 Å². The van der Waals surface area contributed by atoms with E-state index in [1.54, 1.807) is 29.1 Å². The number of anilines is 1. The molecule has 4 aromatic heterocycles. The number of aromatic nitrogens is 8. The number of nitrogen functional groups attached to an aromatic ring is 1. The van der Waals surface area contributed by atoms with E-state index < -0.39 is 5.95 Å². The number of aromatic amines is 1. The molecule has 10 nitrogen and oxygen atoms in total. The third-order valence-corrected chi connectivity index (χ3v) is 7.63. The molecule has 2 aliphatic rings. The zero-order chi connectivity index (χ0) is 25.3. The monoisotopic (exact) mass is 515 g/mol. The van der Waals surface area contributed by atoms with Gasteiger partial charge < -0.3 is 15.3 Å². The Balaban J connectivity index is 1.33. The summed E-state index contributed by atoms with van der Waals surface area (Å²) in [6.07, 6.45) is 5.13. The van der Waals surface area contributed by atoms with Gasteiger partial charge in [0, 0.05) is 28.3 Å². The molecule has 37 heavy (non-hydrogen) atoms. The van der Waals surface area contributed by atoms with Crippen LogP contribution in [0.1, 0.15) is 36.2 Å². The van der Waals surface area contributed by atoms with Gasteiger partial charge in [-0.25, -0.2) is 9.97 Å². The van der Waals surface area contributed by atoms with Crippen molar-refractivity contribution in [2.24, 2.45) is 5.92 Å². The summed E-state index contributed by atoms with van der Waals surface area (Å²) in [6.45, 7) is 0. The van der Waals surface area contributed by atoms with Crippen LogP contribution in [0.25, 0.3) is 28.2 Å². The van der Waals surface area contributed by atoms with Gasteiger partial charge >= 0.3 is 0 Å². The topological polar surface area (TPSA) is 133 Å². The molecule has 1 aliphatic heterocycles. The summed E-state index contributed by atoms with van der Waals surface area (Å²) in [7, 11) is 0. The first-order chi connectivity index (χ1) is 18.0. The normalized spacial score (nSPS) is 19.9. The van der Waals surface area contributed by atoms with Gasteiger partial charge in [0.1, 0.15) is 18.0 Å². The Bertz CT molecular complexity index is 1730. The van der Waals surface area contributed by atoms with E-state index in [4.69, 9.17) is 17.3 Å². The number of rotatable bonds is 4. The van der Waals surface area contributed by atoms with Crippen molar-refractivity contribution in [1.29, 1.82) is 0 Å². The number of nitrogens with one attached hydrogen (secondary N) is 1. The lowest BCUT2D eigenvalue weighted by Crippen LogP contribution is -2.27. The first-order valence-electron chi connectivity index (χ1n) is 11.7. The molecule has 3 N–H and O–H groups in total. The van der Waals surface area contributed by atoms with Gasteiger partial charge in [-0.05, 0) is 71.1 Å². The molecule has 1 aromatic carbocycles. The maximum atomic E-state index is 14.4. The van der Waals surface area contributed by atoms with Gasteiger partial charge in [-0.2, -0.15) is 9.07 Å². The number of pyridine rings is 2. The lowest BCUT2D eigenvalue weighted by atomic mass is 9.70. The largest absolute Gasteiger partial charge is 0.384 e. The van der Waals surface area contributed by atoms with Crippen LogP contribution in [0.2, 0.25) is 5.02 Å². The molecule has 0 radical (unpaired) electrons. The Kier molecular flexibility index (Phi) is 4.77. The molecule has 0 amide bonds. The first-order valence-corrected chi connectivity index (χ1v) is 12.1. The maximum absolute atomic E-state index is 14.4. The van der Waals surface area contributed by atoms with E-state index in [-0.39, 0.29) is 34.8 Å². The molecule has 7 rings (SSSR count). The summed E-state index contributed by atoms with van der Waals surface area (Å²) in [4.78, 5) is 24.9. The van der Waals surface area contributed by atoms with Crippen LogP contribution in [0.5, 0.6) is 0 Å². The highest BCUT2D eigenvalue weighted by molar-refractivity contribution is 6.31. The lowest BCUT2D eigenvalue weighted by Gasteiger charge is -2.32. The quantitative estimate of drug-likeness (QED) is 0.348. The van der Waals surface area contributed by atoms with Crippen molar-refractivity contribution < 1.29 is 4.39 Å². The molecule has 1 aliphatic carbocycles. The average Bonchev–Trinajstić information content (AvgIpc) is 3.58. The van der Waals surface area contributed by atoms with Crippen molar-refractivity contribution in [3.05, 3.63) is 87.7 Å². The molecule has 12 heteroatoms. The van der Waals surface area contributed by atoms with Crippen molar-refractivity contribution in [2.45, 2.75) is 24.8 Å². The van der Waals surface area contributed by atoms with Gasteiger partial charge in [0.25, 0.3) is 5.56 Å². The summed E-state index contributed by atoms with van der Waals surface area (Å²) >= 11 is 6.33. The molecule has 0 spiro atoms. The number of tetrazole rings is 1. The van der Waals surface area contributed by atoms with Crippen molar-refractivity contribution in [1.82, 2.24) is 39.7 Å². The van der Waals surface area contributed by atoms with Gasteiger partial charge in [-0.3, -0.25) is 4.79 Å². The van der Waals surface area contributed by atoms with Crippen LogP contribution in [0.15, 0.2) is 59.8 Å². The van der Waals surface area contributed by atoms with E-state index in [1.165, 1.54) is 12.4 Å². The van der Waals surface area contributed by atoms with E-state index >= 15 is 0 Å². The van der Waals surface area contributed by atoms with Crippen LogP contribution < -0.4 is 11.3 Å². The summed E-state index contributed by atoms with van der Waals surface area (Å²) in [5, 5.41) is 12.0. The SMILES string of the molecule is Nc1ccc(-c2ncc([C@@H]3[C@H]4CC[C@H]4c4cc(-c5cc(Cl)ccc5-n5cnnn5)cc(=O)n43)[nH]2)c(F)n1. The highest BCUT2D eigenvalue weighted by Crippen LogP contribution is 2.55. The number of hydrogen-bond acceptors (Lipinski definition) is 7. The van der Waals surface area contributed by atoms with Crippen molar-refractivity contribution >= 4 is 17.4 Å². The van der Waals surface area contributed by atoms with Crippen LogP contribution in [0, 0.1) is 11.9 Å². The van der Waals surface area contributed by atoms with E-state index in [9.17, 15) is 9.18 Å². The molecule has 3 atom stereocenters. The van der Waals surface area contributed by atoms with Gasteiger partial charge in [-0.15, -0.1) is 5.10 Å². The number of imidazole rings is 1. The van der Waals surface area contributed by atoms with Crippen molar-refractivity contribution in [3.8, 4) is 28.2 Å². The number of H-pyrrole nitrogens is 1. The van der Waals surface area contributed by atoms with E-state index in [0.29, 0.717) is 10.8 Å². The predicted octanol–water partition coefficient (Wildman–Crippen LogP) is 3.75. The number of hydrogen-bond donors (Lipinski definition) is 2. The van der Waals surface area contributed by atoms with Crippen LogP contribution in [0.4, 0.5) is 10.2 Å². The Labute approximate surface area is 214 Å². The fraction of sp³-hybridized carbons (Fsp3) is 0.200. The van der Waals surface area contributed by atoms with Crippen LogP contribution in [-0.4, -0.2) is 39.7 Å². The van der Waals surface area contributed by atoms with Crippen molar-refractivity contribution in [3.63, 3.8) is 0 Å². The number of fused-ring (bicyclic) bond motifs is 3. The van der Waals surface area contributed by atoms with Crippen LogP contribution >= 0.6 is 11.6 Å². The number of benzene rings is 1. The highest BCUT2D eigenvalue weighted by atomic mass is 35.5. The number of halogens is 2. The molecule has 5 aromatic rings. The molecule has 184 valence electrons. The standard InChI is InChI=1S/C25H19ClFN9O/c26-13-1-5-19(35-11-30-33-34-35)17(9-13)12-7-20-14-2-3-15(14)23(36(20)22(37)8-12)18-10-29-25(31-18)16-4-6-21(28)32-24(16)27/h1,4-11,14-15,23H,2-3H2,(H2,28,32)(H,29,31)/t14-,15+,23+/m1/s1. The second-order valence-corrected chi connectivity index (χ2v) is 9.78. The number of nitrogens with two attached hydrogens (primary N) is 1. The second-order valence-electron chi connectivity index (χ2n) is 9.35. The van der Waals surface area contributed by atoms with Crippen molar-refractivity contribution in [2.75, 3.05) is 5.73 Å². The fourth-order valence-corrected chi connectivity index (χ4v) is 5.80. The number of nitrogens with zero attached hydrogens (tertiary/aromatic N) is 7. The summed E-state index contributed by atoms with van der Waals surface area (Å²) in [5.41, 5.74) is 9.61. The van der Waals surface area contributed by atoms with Crippen LogP contribution in [-0.2, 0) is 0 Å². The van der Waals surface area contributed by atoms with Gasteiger partial charge in [0.05, 0.1) is 29.2 Å². The minimum Gasteiger partial charge on any atom is -0.384 e. The smallest absolute Gasteiger partial charge is 0.251 e. The molecule has 1 saturated carbocycles. The molecule has 0 unspecified atom stereocenters. The maximum Gasteiger partial charge on any atom is 0.251 e. The molecular weight excluding hydrogens is 497 g/mol. The highest BCUT2D eigenvalue weighted by Gasteiger charge is 2.48. The second kappa shape index (κ2) is 8.07. The average molecular weight is 516 g/mol. The Hall–Kier alpha value is -4.38. The lowest BCUT2D eigenvalue weighted by molar-refractivity contribution is 0.240. The molecule has 1 fully saturated rings. The molecule has 0 saturated heterocycles. The Morgan fingerprint density at radius 1 is 1.11 bits per heavy atom. The van der Waals surface area contributed by atoms with E-state index in [1.807, 2.05) is 16.7 Å². The van der Waals surface area contributed by atoms with E-state index in [2.05, 4.69) is 36.5 Å². The molecule has 0 bridgehead atoms. The third kappa shape index (κ3) is 3.38. The minimum absolute atomic E-state index is 0.0976. The van der Waals surface area contributed by atoms with Gasteiger partial charge in [0.2, 0.25) is 5.95 Å². The fourth-order valence-electron chi connectivity index (χ4n) is 5.63. The minimum atomic E-state index is -0.698. The zero-order valence-corrected chi connectivity index (χ0v) is 20.0. The van der Waals surface area contributed by atoms with Crippen LogP contribution in [0.3, 0.4) is 0 Å². The first kappa shape index (κ1) is 21.9. The summed E-state index contributed by atoms with van der Waals surface area (Å²) in [6, 6.07) is 11.9.